The average molecular weight is 385 g/mol. The standard InChI is InChI=1S/C30H24/c1-4-20(2)17-29-21(3)9-15-28-27(29)16-14-23-11-13-26(19-30(23)28)25-12-10-22-7-5-6-8-24(22)18-25/h4-19H,1H2,2-3H3/b20-17-. The van der Waals surface area contributed by atoms with Gasteiger partial charge >= 0.3 is 0 Å². The molecule has 0 heteroatoms. The van der Waals surface area contributed by atoms with E-state index in [-0.39, 0.29) is 0 Å². The van der Waals surface area contributed by atoms with Crippen molar-refractivity contribution in [3.05, 3.63) is 114 Å². The largest absolute Gasteiger partial charge is 0.0988 e. The molecule has 0 fully saturated rings. The van der Waals surface area contributed by atoms with E-state index in [0.29, 0.717) is 0 Å². The summed E-state index contributed by atoms with van der Waals surface area (Å²) in [5.74, 6) is 0. The molecule has 5 aromatic carbocycles. The van der Waals surface area contributed by atoms with Gasteiger partial charge in [0.1, 0.15) is 0 Å². The maximum Gasteiger partial charge on any atom is -0.00990 e. The van der Waals surface area contributed by atoms with Gasteiger partial charge in [0.15, 0.2) is 0 Å². The Morgan fingerprint density at radius 3 is 2.13 bits per heavy atom. The number of benzene rings is 5. The highest BCUT2D eigenvalue weighted by Gasteiger charge is 2.08. The van der Waals surface area contributed by atoms with Gasteiger partial charge in [-0.2, -0.15) is 0 Å². The van der Waals surface area contributed by atoms with Gasteiger partial charge in [-0.3, -0.25) is 0 Å². The summed E-state index contributed by atoms with van der Waals surface area (Å²) in [5.41, 5.74) is 6.25. The summed E-state index contributed by atoms with van der Waals surface area (Å²) < 4.78 is 0. The summed E-state index contributed by atoms with van der Waals surface area (Å²) in [5, 5.41) is 7.70. The fourth-order valence-corrected chi connectivity index (χ4v) is 4.29. The van der Waals surface area contributed by atoms with Gasteiger partial charge in [0.05, 0.1) is 0 Å². The SMILES string of the molecule is C=C/C(C)=C\c1c(C)ccc2c1ccc1ccc(-c3ccc4ccccc4c3)cc12. The Bertz CT molecular complexity index is 1460. The van der Waals surface area contributed by atoms with Crippen molar-refractivity contribution in [3.63, 3.8) is 0 Å². The molecule has 0 unspecified atom stereocenters. The number of aryl methyl sites for hydroxylation is 1. The Morgan fingerprint density at radius 2 is 1.33 bits per heavy atom. The lowest BCUT2D eigenvalue weighted by Gasteiger charge is -2.12. The van der Waals surface area contributed by atoms with Crippen LogP contribution in [-0.2, 0) is 0 Å². The van der Waals surface area contributed by atoms with Gasteiger partial charge < -0.3 is 0 Å². The third-order valence-corrected chi connectivity index (χ3v) is 6.05. The van der Waals surface area contributed by atoms with E-state index in [0.717, 1.165) is 0 Å². The van der Waals surface area contributed by atoms with Crippen LogP contribution in [0.3, 0.4) is 0 Å². The molecule has 0 atom stereocenters. The first kappa shape index (κ1) is 18.4. The Labute approximate surface area is 177 Å². The molecule has 0 spiro atoms. The van der Waals surface area contributed by atoms with Crippen LogP contribution in [0.1, 0.15) is 18.1 Å². The highest BCUT2D eigenvalue weighted by atomic mass is 14.1. The first-order valence-electron chi connectivity index (χ1n) is 10.4. The van der Waals surface area contributed by atoms with Crippen LogP contribution in [0.2, 0.25) is 0 Å². The second-order valence-corrected chi connectivity index (χ2v) is 8.05. The van der Waals surface area contributed by atoms with Gasteiger partial charge in [0, 0.05) is 0 Å². The van der Waals surface area contributed by atoms with Crippen molar-refractivity contribution in [2.24, 2.45) is 0 Å². The van der Waals surface area contributed by atoms with Crippen LogP contribution in [0.5, 0.6) is 0 Å². The van der Waals surface area contributed by atoms with Crippen LogP contribution < -0.4 is 0 Å². The molecular formula is C30H24. The molecule has 0 aliphatic heterocycles. The maximum absolute atomic E-state index is 3.91. The summed E-state index contributed by atoms with van der Waals surface area (Å²) in [6.45, 7) is 8.19. The van der Waals surface area contributed by atoms with Gasteiger partial charge in [-0.25, -0.2) is 0 Å². The van der Waals surface area contributed by atoms with Crippen molar-refractivity contribution in [2.45, 2.75) is 13.8 Å². The quantitative estimate of drug-likeness (QED) is 0.215. The fraction of sp³-hybridized carbons (Fsp3) is 0.0667. The lowest BCUT2D eigenvalue weighted by Crippen LogP contribution is -1.88. The Morgan fingerprint density at radius 1 is 0.667 bits per heavy atom. The first-order chi connectivity index (χ1) is 14.6. The van der Waals surface area contributed by atoms with E-state index in [4.69, 9.17) is 0 Å². The maximum atomic E-state index is 3.91. The smallest absolute Gasteiger partial charge is 0.00990 e. The van der Waals surface area contributed by atoms with Crippen molar-refractivity contribution >= 4 is 38.4 Å². The van der Waals surface area contributed by atoms with Crippen molar-refractivity contribution < 1.29 is 0 Å². The van der Waals surface area contributed by atoms with Gasteiger partial charge in [-0.15, -0.1) is 0 Å². The first-order valence-corrected chi connectivity index (χ1v) is 10.4. The van der Waals surface area contributed by atoms with Crippen LogP contribution >= 0.6 is 0 Å². The van der Waals surface area contributed by atoms with Crippen molar-refractivity contribution in [1.29, 1.82) is 0 Å². The summed E-state index contributed by atoms with van der Waals surface area (Å²) in [7, 11) is 0. The summed E-state index contributed by atoms with van der Waals surface area (Å²) in [6, 6.07) is 31.0. The molecular weight excluding hydrogens is 360 g/mol. The predicted octanol–water partition coefficient (Wildman–Crippen LogP) is 8.71. The van der Waals surface area contributed by atoms with Crippen molar-refractivity contribution in [3.8, 4) is 11.1 Å². The molecule has 0 aliphatic carbocycles. The second kappa shape index (κ2) is 7.31. The molecule has 144 valence electrons. The zero-order valence-corrected chi connectivity index (χ0v) is 17.4. The fourth-order valence-electron chi connectivity index (χ4n) is 4.29. The highest BCUT2D eigenvalue weighted by Crippen LogP contribution is 2.34. The minimum absolute atomic E-state index is 1.18. The monoisotopic (exact) mass is 384 g/mol. The minimum Gasteiger partial charge on any atom is -0.0988 e. The lowest BCUT2D eigenvalue weighted by atomic mass is 9.92. The normalized spacial score (nSPS) is 12.0. The molecule has 0 aromatic heterocycles. The van der Waals surface area contributed by atoms with E-state index >= 15 is 0 Å². The van der Waals surface area contributed by atoms with Crippen LogP contribution in [0.25, 0.3) is 49.5 Å². The van der Waals surface area contributed by atoms with Crippen molar-refractivity contribution in [1.82, 2.24) is 0 Å². The lowest BCUT2D eigenvalue weighted by molar-refractivity contribution is 1.46. The zero-order chi connectivity index (χ0) is 20.7. The Balaban J connectivity index is 1.75. The zero-order valence-electron chi connectivity index (χ0n) is 17.4. The van der Waals surface area contributed by atoms with Crippen LogP contribution in [0, 0.1) is 6.92 Å². The van der Waals surface area contributed by atoms with E-state index in [9.17, 15) is 0 Å². The Kier molecular flexibility index (Phi) is 4.48. The van der Waals surface area contributed by atoms with Gasteiger partial charge in [0.2, 0.25) is 0 Å². The van der Waals surface area contributed by atoms with Crippen LogP contribution in [0.15, 0.2) is 103 Å². The third-order valence-electron chi connectivity index (χ3n) is 6.05. The van der Waals surface area contributed by atoms with E-state index in [2.05, 4.69) is 111 Å². The molecule has 0 amide bonds. The van der Waals surface area contributed by atoms with E-state index in [1.807, 2.05) is 6.08 Å². The van der Waals surface area contributed by atoms with E-state index < -0.39 is 0 Å². The van der Waals surface area contributed by atoms with Crippen LogP contribution in [0.4, 0.5) is 0 Å². The summed E-state index contributed by atoms with van der Waals surface area (Å²) in [6.07, 6.45) is 4.15. The number of hydrogen-bond acceptors (Lipinski definition) is 0. The van der Waals surface area contributed by atoms with E-state index in [1.165, 1.54) is 60.1 Å². The topological polar surface area (TPSA) is 0 Å². The van der Waals surface area contributed by atoms with Crippen LogP contribution in [-0.4, -0.2) is 0 Å². The molecule has 0 saturated carbocycles. The second-order valence-electron chi connectivity index (χ2n) is 8.05. The molecule has 0 bridgehead atoms. The van der Waals surface area contributed by atoms with E-state index in [1.54, 1.807) is 0 Å². The highest BCUT2D eigenvalue weighted by molar-refractivity contribution is 6.11. The number of rotatable bonds is 3. The molecule has 0 N–H and O–H groups in total. The average Bonchev–Trinajstić information content (AvgIpc) is 2.79. The number of fused-ring (bicyclic) bond motifs is 4. The molecule has 0 heterocycles. The molecule has 0 saturated heterocycles. The summed E-state index contributed by atoms with van der Waals surface area (Å²) >= 11 is 0. The molecule has 30 heavy (non-hydrogen) atoms. The number of allylic oxidation sites excluding steroid dienone is 2. The third kappa shape index (κ3) is 3.11. The minimum atomic E-state index is 1.18. The van der Waals surface area contributed by atoms with Crippen molar-refractivity contribution in [2.75, 3.05) is 0 Å². The van der Waals surface area contributed by atoms with Gasteiger partial charge in [0.25, 0.3) is 0 Å². The summed E-state index contributed by atoms with van der Waals surface area (Å²) in [4.78, 5) is 0. The Hall–Kier alpha value is -3.64. The predicted molar refractivity (Wildman–Crippen MR) is 133 cm³/mol. The molecule has 0 radical (unpaired) electrons. The number of hydrogen-bond donors (Lipinski definition) is 0. The van der Waals surface area contributed by atoms with Gasteiger partial charge in [-0.1, -0.05) is 97.1 Å². The van der Waals surface area contributed by atoms with Gasteiger partial charge in [-0.05, 0) is 80.6 Å². The molecule has 5 rings (SSSR count). The molecule has 5 aromatic rings. The molecule has 0 nitrogen and oxygen atoms in total. The molecule has 0 aliphatic rings.